The Bertz CT molecular complexity index is 1050. The van der Waals surface area contributed by atoms with E-state index in [0.717, 1.165) is 6.26 Å². The fourth-order valence-corrected chi connectivity index (χ4v) is 4.65. The van der Waals surface area contributed by atoms with Crippen molar-refractivity contribution in [1.82, 2.24) is 15.1 Å². The van der Waals surface area contributed by atoms with Crippen LogP contribution in [0.5, 0.6) is 5.88 Å². The van der Waals surface area contributed by atoms with E-state index in [1.54, 1.807) is 33.8 Å². The molecule has 1 aromatic heterocycles. The number of hydrogen-bond donors (Lipinski definition) is 1. The van der Waals surface area contributed by atoms with Gasteiger partial charge in [0.2, 0.25) is 5.88 Å². The quantitative estimate of drug-likeness (QED) is 0.653. The van der Waals surface area contributed by atoms with Crippen molar-refractivity contribution in [1.29, 1.82) is 0 Å². The number of sulfone groups is 1. The van der Waals surface area contributed by atoms with E-state index in [2.05, 4.69) is 10.4 Å². The van der Waals surface area contributed by atoms with Gasteiger partial charge in [0, 0.05) is 24.9 Å². The Hall–Kier alpha value is -2.68. The van der Waals surface area contributed by atoms with E-state index >= 15 is 0 Å². The van der Waals surface area contributed by atoms with Gasteiger partial charge in [0.15, 0.2) is 22.2 Å². The molecule has 8 nitrogen and oxygen atoms in total. The van der Waals surface area contributed by atoms with Crippen LogP contribution in [0.25, 0.3) is 0 Å². The Kier molecular flexibility index (Phi) is 6.84. The monoisotopic (exact) mass is 421 g/mol. The van der Waals surface area contributed by atoms with Crippen LogP contribution >= 0.6 is 0 Å². The minimum absolute atomic E-state index is 0.214. The van der Waals surface area contributed by atoms with Crippen LogP contribution in [-0.2, 0) is 21.2 Å². The van der Waals surface area contributed by atoms with Crippen LogP contribution < -0.4 is 10.1 Å². The van der Waals surface area contributed by atoms with Gasteiger partial charge in [-0.15, -0.1) is 0 Å². The number of amides is 1. The van der Waals surface area contributed by atoms with Gasteiger partial charge >= 0.3 is 0 Å². The average Bonchev–Trinajstić information content (AvgIpc) is 3.04. The number of hydrogen-bond acceptors (Lipinski definition) is 6. The molecule has 158 valence electrons. The summed E-state index contributed by atoms with van der Waals surface area (Å²) >= 11 is 0. The first-order valence-electron chi connectivity index (χ1n) is 9.33. The molecule has 0 aliphatic rings. The van der Waals surface area contributed by atoms with Crippen molar-refractivity contribution in [2.75, 3.05) is 19.4 Å². The lowest BCUT2D eigenvalue weighted by molar-refractivity contribution is -0.123. The first-order valence-corrected chi connectivity index (χ1v) is 11.2. The van der Waals surface area contributed by atoms with Crippen molar-refractivity contribution in [3.05, 3.63) is 40.1 Å². The second kappa shape index (κ2) is 8.77. The third-order valence-corrected chi connectivity index (χ3v) is 6.06. The highest BCUT2D eigenvalue weighted by Gasteiger charge is 2.25. The number of benzene rings is 1. The van der Waals surface area contributed by atoms with Crippen LogP contribution in [0.3, 0.4) is 0 Å². The molecule has 0 spiro atoms. The molecule has 1 heterocycles. The zero-order chi connectivity index (χ0) is 21.9. The number of likely N-dealkylation sites (N-methyl/N-ethyl adjacent to an activating group) is 1. The van der Waals surface area contributed by atoms with Crippen LogP contribution in [0, 0.1) is 20.8 Å². The third kappa shape index (κ3) is 4.67. The number of ether oxygens (including phenoxy) is 1. The molecule has 0 aliphatic carbocycles. The molecule has 29 heavy (non-hydrogen) atoms. The molecule has 1 aromatic carbocycles. The van der Waals surface area contributed by atoms with E-state index in [1.165, 1.54) is 10.9 Å². The van der Waals surface area contributed by atoms with Gasteiger partial charge in [-0.3, -0.25) is 9.59 Å². The molecule has 0 fully saturated rings. The highest BCUT2D eigenvalue weighted by Crippen LogP contribution is 2.29. The minimum atomic E-state index is -3.42. The fourth-order valence-electron chi connectivity index (χ4n) is 3.30. The van der Waals surface area contributed by atoms with Gasteiger partial charge in [0.25, 0.3) is 5.91 Å². The van der Waals surface area contributed by atoms with Gasteiger partial charge in [-0.1, -0.05) is 0 Å². The van der Waals surface area contributed by atoms with Gasteiger partial charge in [0.05, 0.1) is 11.1 Å². The largest absolute Gasteiger partial charge is 0.467 e. The summed E-state index contributed by atoms with van der Waals surface area (Å²) in [4.78, 5) is 25.3. The fraction of sp³-hybridized carbons (Fsp3) is 0.450. The van der Waals surface area contributed by atoms with Crippen molar-refractivity contribution in [2.45, 2.75) is 46.1 Å². The lowest BCUT2D eigenvalue weighted by Gasteiger charge is -2.15. The number of aryl methyl sites for hydroxylation is 2. The summed E-state index contributed by atoms with van der Waals surface area (Å²) in [5, 5.41) is 6.81. The van der Waals surface area contributed by atoms with Gasteiger partial charge in [0.1, 0.15) is 5.56 Å². The van der Waals surface area contributed by atoms with Gasteiger partial charge in [-0.25, -0.2) is 13.1 Å². The smallest absolute Gasteiger partial charge is 0.257 e. The summed E-state index contributed by atoms with van der Waals surface area (Å²) < 4.78 is 31.4. The van der Waals surface area contributed by atoms with Gasteiger partial charge in [-0.05, 0) is 57.4 Å². The molecule has 2 rings (SSSR count). The van der Waals surface area contributed by atoms with Crippen molar-refractivity contribution >= 4 is 21.5 Å². The Morgan fingerprint density at radius 1 is 1.14 bits per heavy atom. The summed E-state index contributed by atoms with van der Waals surface area (Å²) in [5.41, 5.74) is 2.24. The standard InChI is InChI=1S/C20H27N3O5S/c1-7-21-17(24)11-28-20-16(10-22-23(20)8-2)18(25)15-9-12(3)19(29(6,26)27)14(5)13(15)4/h9-10H,7-8,11H2,1-6H3,(H,21,24). The molecule has 9 heteroatoms. The second-order valence-electron chi connectivity index (χ2n) is 6.84. The number of aromatic nitrogens is 2. The molecule has 0 saturated carbocycles. The minimum Gasteiger partial charge on any atom is -0.467 e. The third-order valence-electron chi connectivity index (χ3n) is 4.69. The Morgan fingerprint density at radius 3 is 2.34 bits per heavy atom. The van der Waals surface area contributed by atoms with Crippen LogP contribution in [0.4, 0.5) is 0 Å². The summed E-state index contributed by atoms with van der Waals surface area (Å²) in [6.07, 6.45) is 2.56. The maximum absolute atomic E-state index is 13.3. The van der Waals surface area contributed by atoms with Gasteiger partial charge < -0.3 is 10.1 Å². The summed E-state index contributed by atoms with van der Waals surface area (Å²) in [6, 6.07) is 1.58. The van der Waals surface area contributed by atoms with Crippen molar-refractivity contribution in [2.24, 2.45) is 0 Å². The molecule has 0 atom stereocenters. The van der Waals surface area contributed by atoms with Crippen LogP contribution in [0.15, 0.2) is 17.2 Å². The normalized spacial score (nSPS) is 11.4. The van der Waals surface area contributed by atoms with Crippen molar-refractivity contribution in [3.63, 3.8) is 0 Å². The molecule has 0 unspecified atom stereocenters. The average molecular weight is 422 g/mol. The summed E-state index contributed by atoms with van der Waals surface area (Å²) in [7, 11) is -3.42. The molecule has 2 aromatic rings. The number of rotatable bonds is 8. The Morgan fingerprint density at radius 2 is 1.79 bits per heavy atom. The van der Waals surface area contributed by atoms with E-state index in [9.17, 15) is 18.0 Å². The van der Waals surface area contributed by atoms with E-state index < -0.39 is 9.84 Å². The predicted molar refractivity (Wildman–Crippen MR) is 109 cm³/mol. The lowest BCUT2D eigenvalue weighted by Crippen LogP contribution is -2.29. The number of carbonyl (C=O) groups is 2. The molecule has 0 bridgehead atoms. The maximum atomic E-state index is 13.3. The van der Waals surface area contributed by atoms with Crippen LogP contribution in [0.2, 0.25) is 0 Å². The molecule has 0 saturated heterocycles. The molecular formula is C20H27N3O5S. The van der Waals surface area contributed by atoms with E-state index in [1.807, 2.05) is 6.92 Å². The highest BCUT2D eigenvalue weighted by atomic mass is 32.2. The second-order valence-corrected chi connectivity index (χ2v) is 8.80. The predicted octanol–water partition coefficient (Wildman–Crippen LogP) is 1.98. The van der Waals surface area contributed by atoms with Crippen LogP contribution in [-0.4, -0.2) is 49.3 Å². The summed E-state index contributed by atoms with van der Waals surface area (Å²) in [6.45, 7) is 9.43. The van der Waals surface area contributed by atoms with E-state index in [0.29, 0.717) is 35.3 Å². The Balaban J connectivity index is 2.51. The molecule has 0 radical (unpaired) electrons. The molecular weight excluding hydrogens is 394 g/mol. The highest BCUT2D eigenvalue weighted by molar-refractivity contribution is 7.90. The first kappa shape index (κ1) is 22.6. The number of ketones is 1. The molecule has 1 N–H and O–H groups in total. The number of carbonyl (C=O) groups excluding carboxylic acids is 2. The lowest BCUT2D eigenvalue weighted by atomic mass is 9.95. The zero-order valence-electron chi connectivity index (χ0n) is 17.6. The Labute approximate surface area is 171 Å². The van der Waals surface area contributed by atoms with Crippen molar-refractivity contribution in [3.8, 4) is 5.88 Å². The van der Waals surface area contributed by atoms with Crippen molar-refractivity contribution < 1.29 is 22.7 Å². The summed E-state index contributed by atoms with van der Waals surface area (Å²) in [5.74, 6) is -0.417. The zero-order valence-corrected chi connectivity index (χ0v) is 18.4. The first-order chi connectivity index (χ1) is 13.5. The maximum Gasteiger partial charge on any atom is 0.257 e. The SMILES string of the molecule is CCNC(=O)COc1c(C(=O)c2cc(C)c(S(C)(=O)=O)c(C)c2C)cnn1CC. The number of nitrogens with one attached hydrogen (secondary N) is 1. The topological polar surface area (TPSA) is 107 Å². The van der Waals surface area contributed by atoms with E-state index in [4.69, 9.17) is 4.74 Å². The number of nitrogens with zero attached hydrogens (tertiary/aromatic N) is 2. The van der Waals surface area contributed by atoms with Crippen LogP contribution in [0.1, 0.15) is 46.5 Å². The molecule has 1 amide bonds. The van der Waals surface area contributed by atoms with Gasteiger partial charge in [-0.2, -0.15) is 5.10 Å². The molecule has 0 aliphatic heterocycles. The van der Waals surface area contributed by atoms with E-state index in [-0.39, 0.29) is 34.6 Å².